The average Bonchev–Trinajstić information content (AvgIpc) is 2.40. The van der Waals surface area contributed by atoms with Crippen molar-refractivity contribution in [2.75, 3.05) is 12.4 Å². The van der Waals surface area contributed by atoms with Gasteiger partial charge in [-0.2, -0.15) is 0 Å². The number of hydrogen-bond donors (Lipinski definition) is 1. The van der Waals surface area contributed by atoms with Gasteiger partial charge in [0.1, 0.15) is 5.75 Å². The molecule has 2 aromatic carbocycles. The maximum Gasteiger partial charge on any atom is 0.123 e. The van der Waals surface area contributed by atoms with Gasteiger partial charge in [-0.25, -0.2) is 0 Å². The first-order valence-corrected chi connectivity index (χ1v) is 7.03. The summed E-state index contributed by atoms with van der Waals surface area (Å²) in [6, 6.07) is 12.4. The standard InChI is InChI=1S/C16H18BrNO/c1-11-7-8-15(19-3)13(9-11)10-18-14-6-4-5-12(2)16(14)17/h4-9,18H,10H2,1-3H3. The Morgan fingerprint density at radius 2 is 1.95 bits per heavy atom. The summed E-state index contributed by atoms with van der Waals surface area (Å²) in [5, 5.41) is 3.45. The van der Waals surface area contributed by atoms with Crippen LogP contribution in [0.5, 0.6) is 5.75 Å². The first kappa shape index (κ1) is 13.9. The Bertz CT molecular complexity index is 581. The van der Waals surface area contributed by atoms with Crippen molar-refractivity contribution in [3.8, 4) is 5.75 Å². The molecule has 0 saturated heterocycles. The first-order valence-electron chi connectivity index (χ1n) is 6.24. The van der Waals surface area contributed by atoms with E-state index in [-0.39, 0.29) is 0 Å². The van der Waals surface area contributed by atoms with Crippen LogP contribution in [-0.2, 0) is 6.54 Å². The zero-order chi connectivity index (χ0) is 13.8. The number of methoxy groups -OCH3 is 1. The van der Waals surface area contributed by atoms with Gasteiger partial charge in [-0.05, 0) is 47.5 Å². The van der Waals surface area contributed by atoms with Gasteiger partial charge in [-0.15, -0.1) is 0 Å². The summed E-state index contributed by atoms with van der Waals surface area (Å²) in [6.45, 7) is 4.92. The molecule has 1 N–H and O–H groups in total. The summed E-state index contributed by atoms with van der Waals surface area (Å²) in [7, 11) is 1.71. The van der Waals surface area contributed by atoms with E-state index in [1.807, 2.05) is 6.07 Å². The van der Waals surface area contributed by atoms with Crippen LogP contribution in [-0.4, -0.2) is 7.11 Å². The summed E-state index contributed by atoms with van der Waals surface area (Å²) in [6.07, 6.45) is 0. The molecule has 0 aromatic heterocycles. The lowest BCUT2D eigenvalue weighted by molar-refractivity contribution is 0.410. The molecule has 100 valence electrons. The number of aryl methyl sites for hydroxylation is 2. The topological polar surface area (TPSA) is 21.3 Å². The number of rotatable bonds is 4. The molecule has 0 bridgehead atoms. The van der Waals surface area contributed by atoms with E-state index in [4.69, 9.17) is 4.74 Å². The highest BCUT2D eigenvalue weighted by Gasteiger charge is 2.05. The lowest BCUT2D eigenvalue weighted by atomic mass is 10.1. The van der Waals surface area contributed by atoms with Crippen LogP contribution in [0, 0.1) is 13.8 Å². The van der Waals surface area contributed by atoms with E-state index >= 15 is 0 Å². The van der Waals surface area contributed by atoms with Crippen LogP contribution in [0.2, 0.25) is 0 Å². The van der Waals surface area contributed by atoms with Crippen molar-refractivity contribution >= 4 is 21.6 Å². The van der Waals surface area contributed by atoms with E-state index in [0.717, 1.165) is 28.0 Å². The van der Waals surface area contributed by atoms with Crippen LogP contribution >= 0.6 is 15.9 Å². The summed E-state index contributed by atoms with van der Waals surface area (Å²) in [5.41, 5.74) is 4.72. The Morgan fingerprint density at radius 3 is 2.68 bits per heavy atom. The van der Waals surface area contributed by atoms with Gasteiger partial charge in [0.25, 0.3) is 0 Å². The molecule has 0 atom stereocenters. The van der Waals surface area contributed by atoms with E-state index < -0.39 is 0 Å². The van der Waals surface area contributed by atoms with Crippen LogP contribution < -0.4 is 10.1 Å². The Balaban J connectivity index is 2.18. The van der Waals surface area contributed by atoms with E-state index in [9.17, 15) is 0 Å². The van der Waals surface area contributed by atoms with Crippen molar-refractivity contribution in [3.63, 3.8) is 0 Å². The Hall–Kier alpha value is -1.48. The zero-order valence-corrected chi connectivity index (χ0v) is 13.0. The largest absolute Gasteiger partial charge is 0.496 e. The summed E-state index contributed by atoms with van der Waals surface area (Å²) < 4.78 is 6.50. The van der Waals surface area contributed by atoms with E-state index in [1.165, 1.54) is 11.1 Å². The molecule has 0 fully saturated rings. The molecule has 0 unspecified atom stereocenters. The van der Waals surface area contributed by atoms with E-state index in [1.54, 1.807) is 7.11 Å². The molecular weight excluding hydrogens is 302 g/mol. The molecule has 19 heavy (non-hydrogen) atoms. The highest BCUT2D eigenvalue weighted by molar-refractivity contribution is 9.10. The van der Waals surface area contributed by atoms with Crippen LogP contribution in [0.1, 0.15) is 16.7 Å². The maximum absolute atomic E-state index is 5.39. The lowest BCUT2D eigenvalue weighted by Gasteiger charge is -2.13. The Labute approximate surface area is 122 Å². The SMILES string of the molecule is COc1ccc(C)cc1CNc1cccc(C)c1Br. The van der Waals surface area contributed by atoms with Gasteiger partial charge in [0.15, 0.2) is 0 Å². The normalized spacial score (nSPS) is 10.3. The fraction of sp³-hybridized carbons (Fsp3) is 0.250. The number of benzene rings is 2. The van der Waals surface area contributed by atoms with Crippen molar-refractivity contribution in [2.45, 2.75) is 20.4 Å². The second-order valence-electron chi connectivity index (χ2n) is 4.61. The van der Waals surface area contributed by atoms with Gasteiger partial charge in [0, 0.05) is 22.3 Å². The first-order chi connectivity index (χ1) is 9.11. The average molecular weight is 320 g/mol. The zero-order valence-electron chi connectivity index (χ0n) is 11.5. The quantitative estimate of drug-likeness (QED) is 0.883. The minimum absolute atomic E-state index is 0.743. The number of anilines is 1. The molecule has 0 radical (unpaired) electrons. The fourth-order valence-electron chi connectivity index (χ4n) is 2.02. The van der Waals surface area contributed by atoms with Gasteiger partial charge < -0.3 is 10.1 Å². The van der Waals surface area contributed by atoms with Gasteiger partial charge in [0.2, 0.25) is 0 Å². The monoisotopic (exact) mass is 319 g/mol. The predicted octanol–water partition coefficient (Wildman–Crippen LogP) is 4.69. The second kappa shape index (κ2) is 6.11. The summed E-state index contributed by atoms with van der Waals surface area (Å²) >= 11 is 3.61. The second-order valence-corrected chi connectivity index (χ2v) is 5.40. The van der Waals surface area contributed by atoms with E-state index in [2.05, 4.69) is 65.4 Å². The van der Waals surface area contributed by atoms with E-state index in [0.29, 0.717) is 0 Å². The summed E-state index contributed by atoms with van der Waals surface area (Å²) in [4.78, 5) is 0. The molecule has 0 aliphatic heterocycles. The van der Waals surface area contributed by atoms with Crippen molar-refractivity contribution in [2.24, 2.45) is 0 Å². The Kier molecular flexibility index (Phi) is 4.48. The minimum Gasteiger partial charge on any atom is -0.496 e. The molecule has 2 rings (SSSR count). The highest BCUT2D eigenvalue weighted by atomic mass is 79.9. The molecule has 0 aliphatic rings. The van der Waals surface area contributed by atoms with Gasteiger partial charge in [0.05, 0.1) is 7.11 Å². The van der Waals surface area contributed by atoms with Crippen molar-refractivity contribution in [1.82, 2.24) is 0 Å². The third-order valence-electron chi connectivity index (χ3n) is 3.10. The van der Waals surface area contributed by atoms with Crippen molar-refractivity contribution in [1.29, 1.82) is 0 Å². The summed E-state index contributed by atoms with van der Waals surface area (Å²) in [5.74, 6) is 0.918. The minimum atomic E-state index is 0.743. The van der Waals surface area contributed by atoms with Crippen LogP contribution in [0.3, 0.4) is 0 Å². The van der Waals surface area contributed by atoms with Gasteiger partial charge in [-0.1, -0.05) is 29.8 Å². The lowest BCUT2D eigenvalue weighted by Crippen LogP contribution is -2.03. The fourth-order valence-corrected chi connectivity index (χ4v) is 2.42. The molecule has 2 nitrogen and oxygen atoms in total. The predicted molar refractivity (Wildman–Crippen MR) is 83.9 cm³/mol. The van der Waals surface area contributed by atoms with Crippen molar-refractivity contribution < 1.29 is 4.74 Å². The molecule has 3 heteroatoms. The van der Waals surface area contributed by atoms with Crippen molar-refractivity contribution in [3.05, 3.63) is 57.6 Å². The van der Waals surface area contributed by atoms with Gasteiger partial charge >= 0.3 is 0 Å². The molecule has 0 aliphatic carbocycles. The van der Waals surface area contributed by atoms with Crippen LogP contribution in [0.4, 0.5) is 5.69 Å². The molecule has 0 amide bonds. The molecule has 0 heterocycles. The molecule has 0 spiro atoms. The molecular formula is C16H18BrNO. The van der Waals surface area contributed by atoms with Crippen LogP contribution in [0.25, 0.3) is 0 Å². The van der Waals surface area contributed by atoms with Crippen LogP contribution in [0.15, 0.2) is 40.9 Å². The van der Waals surface area contributed by atoms with Gasteiger partial charge in [-0.3, -0.25) is 0 Å². The molecule has 2 aromatic rings. The maximum atomic E-state index is 5.39. The third-order valence-corrected chi connectivity index (χ3v) is 4.15. The highest BCUT2D eigenvalue weighted by Crippen LogP contribution is 2.27. The molecule has 0 saturated carbocycles. The number of ether oxygens (including phenoxy) is 1. The number of nitrogens with one attached hydrogen (secondary N) is 1. The number of hydrogen-bond acceptors (Lipinski definition) is 2. The third kappa shape index (κ3) is 3.29. The number of halogens is 1. The Morgan fingerprint density at radius 1 is 1.16 bits per heavy atom. The smallest absolute Gasteiger partial charge is 0.123 e.